The van der Waals surface area contributed by atoms with Gasteiger partial charge in [-0.05, 0) is 0 Å². The highest BCUT2D eigenvalue weighted by Crippen LogP contribution is 2.22. The summed E-state index contributed by atoms with van der Waals surface area (Å²) in [6, 6.07) is 0. The number of hydrazine groups is 1. The minimum atomic E-state index is 0.283. The van der Waals surface area contributed by atoms with E-state index < -0.39 is 0 Å². The Morgan fingerprint density at radius 1 is 1.50 bits per heavy atom. The smallest absolute Gasteiger partial charge is 0.239 e. The van der Waals surface area contributed by atoms with E-state index >= 15 is 0 Å². The van der Waals surface area contributed by atoms with Crippen molar-refractivity contribution >= 4 is 34.7 Å². The highest BCUT2D eigenvalue weighted by atomic mass is 35.5. The summed E-state index contributed by atoms with van der Waals surface area (Å²) < 4.78 is 0. The van der Waals surface area contributed by atoms with Crippen LogP contribution >= 0.6 is 22.9 Å². The number of rotatable bonds is 5. The Morgan fingerprint density at radius 2 is 2.33 bits per heavy atom. The second kappa shape index (κ2) is 5.94. The molecule has 2 heterocycles. The summed E-state index contributed by atoms with van der Waals surface area (Å²) in [5, 5.41) is 6.65. The SMILES string of the molecule is CC(CNc1nc(NN)ncc1Cl)c1nccs1. The molecule has 8 heteroatoms. The van der Waals surface area contributed by atoms with Gasteiger partial charge >= 0.3 is 0 Å². The number of nitrogen functional groups attached to an aromatic ring is 1. The number of thiazole rings is 1. The summed E-state index contributed by atoms with van der Waals surface area (Å²) in [4.78, 5) is 12.3. The first-order valence-electron chi connectivity index (χ1n) is 5.33. The zero-order valence-corrected chi connectivity index (χ0v) is 11.3. The molecule has 0 amide bonds. The fraction of sp³-hybridized carbons (Fsp3) is 0.300. The van der Waals surface area contributed by atoms with Gasteiger partial charge in [-0.1, -0.05) is 18.5 Å². The Kier molecular flexibility index (Phi) is 4.29. The van der Waals surface area contributed by atoms with E-state index in [1.165, 1.54) is 6.20 Å². The van der Waals surface area contributed by atoms with Gasteiger partial charge in [0.25, 0.3) is 0 Å². The Balaban J connectivity index is 2.01. The first-order chi connectivity index (χ1) is 8.70. The molecule has 1 unspecified atom stereocenters. The largest absolute Gasteiger partial charge is 0.368 e. The lowest BCUT2D eigenvalue weighted by molar-refractivity contribution is 0.791. The Bertz CT molecular complexity index is 503. The van der Waals surface area contributed by atoms with Gasteiger partial charge in [0, 0.05) is 24.0 Å². The number of nitrogens with one attached hydrogen (secondary N) is 2. The molecular formula is C10H13ClN6S. The Morgan fingerprint density at radius 3 is 3.00 bits per heavy atom. The van der Waals surface area contributed by atoms with Crippen molar-refractivity contribution in [3.05, 3.63) is 27.8 Å². The molecule has 4 N–H and O–H groups in total. The van der Waals surface area contributed by atoms with Gasteiger partial charge in [-0.3, -0.25) is 5.43 Å². The zero-order chi connectivity index (χ0) is 13.0. The first kappa shape index (κ1) is 13.0. The van der Waals surface area contributed by atoms with Crippen LogP contribution in [0.15, 0.2) is 17.8 Å². The summed E-state index contributed by atoms with van der Waals surface area (Å²) in [7, 11) is 0. The topological polar surface area (TPSA) is 88.8 Å². The van der Waals surface area contributed by atoms with Gasteiger partial charge in [0.15, 0.2) is 5.82 Å². The number of anilines is 2. The van der Waals surface area contributed by atoms with Gasteiger partial charge in [-0.25, -0.2) is 15.8 Å². The predicted octanol–water partition coefficient (Wildman–Crippen LogP) is 2.09. The molecule has 0 aromatic carbocycles. The molecule has 6 nitrogen and oxygen atoms in total. The van der Waals surface area contributed by atoms with E-state index in [0.29, 0.717) is 23.3 Å². The third-order valence-electron chi connectivity index (χ3n) is 2.32. The molecule has 2 aromatic rings. The monoisotopic (exact) mass is 284 g/mol. The zero-order valence-electron chi connectivity index (χ0n) is 9.72. The number of nitrogens with zero attached hydrogens (tertiary/aromatic N) is 3. The van der Waals surface area contributed by atoms with Crippen molar-refractivity contribution in [2.24, 2.45) is 5.84 Å². The molecular weight excluding hydrogens is 272 g/mol. The van der Waals surface area contributed by atoms with E-state index in [9.17, 15) is 0 Å². The molecule has 0 aliphatic carbocycles. The molecule has 0 bridgehead atoms. The van der Waals surface area contributed by atoms with Crippen molar-refractivity contribution in [3.8, 4) is 0 Å². The fourth-order valence-electron chi connectivity index (χ4n) is 1.38. The predicted molar refractivity (Wildman–Crippen MR) is 73.9 cm³/mol. The molecule has 2 rings (SSSR count). The molecule has 18 heavy (non-hydrogen) atoms. The summed E-state index contributed by atoms with van der Waals surface area (Å²) in [6.07, 6.45) is 3.30. The Hall–Kier alpha value is -1.44. The van der Waals surface area contributed by atoms with Crippen molar-refractivity contribution in [3.63, 3.8) is 0 Å². The van der Waals surface area contributed by atoms with E-state index in [1.54, 1.807) is 17.5 Å². The molecule has 2 aromatic heterocycles. The molecule has 0 radical (unpaired) electrons. The average Bonchev–Trinajstić information content (AvgIpc) is 2.91. The van der Waals surface area contributed by atoms with Crippen LogP contribution in [-0.4, -0.2) is 21.5 Å². The molecule has 1 atom stereocenters. The van der Waals surface area contributed by atoms with Gasteiger partial charge in [0.2, 0.25) is 5.95 Å². The molecule has 0 saturated carbocycles. The summed E-state index contributed by atoms with van der Waals surface area (Å²) in [5.74, 6) is 6.41. The summed E-state index contributed by atoms with van der Waals surface area (Å²) in [5.41, 5.74) is 2.38. The molecule has 0 fully saturated rings. The molecule has 0 aliphatic heterocycles. The van der Waals surface area contributed by atoms with Crippen LogP contribution in [0.3, 0.4) is 0 Å². The first-order valence-corrected chi connectivity index (χ1v) is 6.59. The number of nitrogens with two attached hydrogens (primary N) is 1. The van der Waals surface area contributed by atoms with Crippen molar-refractivity contribution in [2.45, 2.75) is 12.8 Å². The third kappa shape index (κ3) is 3.06. The maximum absolute atomic E-state index is 5.99. The van der Waals surface area contributed by atoms with Crippen LogP contribution in [-0.2, 0) is 0 Å². The standard InChI is InChI=1S/C10H13ClN6S/c1-6(9-13-2-3-18-9)4-14-8-7(11)5-15-10(16-8)17-12/h2-3,5-6H,4,12H2,1H3,(H2,14,15,16,17). The highest BCUT2D eigenvalue weighted by Gasteiger charge is 2.10. The van der Waals surface area contributed by atoms with Crippen molar-refractivity contribution in [2.75, 3.05) is 17.3 Å². The van der Waals surface area contributed by atoms with Crippen LogP contribution in [0.2, 0.25) is 5.02 Å². The maximum Gasteiger partial charge on any atom is 0.239 e. The summed E-state index contributed by atoms with van der Waals surface area (Å²) >= 11 is 7.62. The van der Waals surface area contributed by atoms with Gasteiger partial charge in [0.05, 0.1) is 11.2 Å². The highest BCUT2D eigenvalue weighted by molar-refractivity contribution is 7.09. The molecule has 0 saturated heterocycles. The fourth-order valence-corrected chi connectivity index (χ4v) is 2.23. The number of hydrogen-bond acceptors (Lipinski definition) is 7. The number of aromatic nitrogens is 3. The lowest BCUT2D eigenvalue weighted by atomic mass is 10.2. The minimum absolute atomic E-state index is 0.283. The van der Waals surface area contributed by atoms with Crippen LogP contribution in [0.4, 0.5) is 11.8 Å². The number of hydrogen-bond donors (Lipinski definition) is 3. The van der Waals surface area contributed by atoms with E-state index in [2.05, 4.69) is 32.6 Å². The average molecular weight is 285 g/mol. The van der Waals surface area contributed by atoms with E-state index in [1.807, 2.05) is 5.38 Å². The molecule has 96 valence electrons. The van der Waals surface area contributed by atoms with Crippen molar-refractivity contribution < 1.29 is 0 Å². The van der Waals surface area contributed by atoms with Crippen LogP contribution in [0.25, 0.3) is 0 Å². The molecule has 0 aliphatic rings. The van der Waals surface area contributed by atoms with Gasteiger partial charge in [-0.2, -0.15) is 4.98 Å². The minimum Gasteiger partial charge on any atom is -0.368 e. The van der Waals surface area contributed by atoms with Crippen LogP contribution in [0.5, 0.6) is 0 Å². The second-order valence-corrected chi connectivity index (χ2v) is 5.02. The quantitative estimate of drug-likeness (QED) is 0.575. The lowest BCUT2D eigenvalue weighted by Gasteiger charge is -2.12. The molecule has 0 spiro atoms. The van der Waals surface area contributed by atoms with Crippen LogP contribution in [0, 0.1) is 0 Å². The van der Waals surface area contributed by atoms with Crippen molar-refractivity contribution in [1.82, 2.24) is 15.0 Å². The van der Waals surface area contributed by atoms with Crippen LogP contribution in [0.1, 0.15) is 17.8 Å². The van der Waals surface area contributed by atoms with Crippen molar-refractivity contribution in [1.29, 1.82) is 0 Å². The normalized spacial score (nSPS) is 12.2. The second-order valence-electron chi connectivity index (χ2n) is 3.69. The van der Waals surface area contributed by atoms with E-state index in [0.717, 1.165) is 5.01 Å². The Labute approximate surface area is 114 Å². The summed E-state index contributed by atoms with van der Waals surface area (Å²) in [6.45, 7) is 2.78. The van der Waals surface area contributed by atoms with E-state index in [-0.39, 0.29) is 5.92 Å². The van der Waals surface area contributed by atoms with Gasteiger partial charge in [0.1, 0.15) is 5.02 Å². The van der Waals surface area contributed by atoms with E-state index in [4.69, 9.17) is 17.4 Å². The van der Waals surface area contributed by atoms with Gasteiger partial charge < -0.3 is 5.32 Å². The maximum atomic E-state index is 5.99. The third-order valence-corrected chi connectivity index (χ3v) is 3.61. The van der Waals surface area contributed by atoms with Crippen LogP contribution < -0.4 is 16.6 Å². The lowest BCUT2D eigenvalue weighted by Crippen LogP contribution is -2.14. The van der Waals surface area contributed by atoms with Gasteiger partial charge in [-0.15, -0.1) is 11.3 Å². The number of halogens is 1.